The second-order valence-electron chi connectivity index (χ2n) is 6.04. The predicted molar refractivity (Wildman–Crippen MR) is 101 cm³/mol. The summed E-state index contributed by atoms with van der Waals surface area (Å²) in [7, 11) is 1.33. The molecule has 8 heteroatoms. The number of benzene rings is 1. The topological polar surface area (TPSA) is 50.3 Å². The Balaban J connectivity index is 2.43. The molecule has 0 saturated heterocycles. The maximum atomic E-state index is 13.1. The lowest BCUT2D eigenvalue weighted by molar-refractivity contribution is -0.137. The molecule has 148 valence electrons. The van der Waals surface area contributed by atoms with E-state index < -0.39 is 11.7 Å². The van der Waals surface area contributed by atoms with Crippen molar-refractivity contribution in [3.63, 3.8) is 0 Å². The molecule has 0 fully saturated rings. The lowest BCUT2D eigenvalue weighted by Crippen LogP contribution is -2.23. The summed E-state index contributed by atoms with van der Waals surface area (Å²) in [6, 6.07) is 5.40. The Hall–Kier alpha value is -2.51. The SMILES string of the molecule is CCCc1cc(N(CC)CC)nc(Nc2cc(OC)cc(C(F)(F)F)c2)n1. The first-order chi connectivity index (χ1) is 12.8. The highest BCUT2D eigenvalue weighted by atomic mass is 19.4. The van der Waals surface area contributed by atoms with E-state index in [1.807, 2.05) is 26.8 Å². The summed E-state index contributed by atoms with van der Waals surface area (Å²) in [6.07, 6.45) is -2.80. The maximum absolute atomic E-state index is 13.1. The van der Waals surface area contributed by atoms with E-state index >= 15 is 0 Å². The smallest absolute Gasteiger partial charge is 0.416 e. The van der Waals surface area contributed by atoms with Gasteiger partial charge in [-0.05, 0) is 32.4 Å². The fourth-order valence-corrected chi connectivity index (χ4v) is 2.71. The first kappa shape index (κ1) is 20.8. The van der Waals surface area contributed by atoms with E-state index in [1.165, 1.54) is 13.2 Å². The summed E-state index contributed by atoms with van der Waals surface area (Å²) in [5.41, 5.74) is 0.273. The molecule has 0 aliphatic carbocycles. The molecule has 1 N–H and O–H groups in total. The van der Waals surface area contributed by atoms with Gasteiger partial charge in [0.05, 0.1) is 12.7 Å². The molecule has 0 radical (unpaired) electrons. The van der Waals surface area contributed by atoms with E-state index in [-0.39, 0.29) is 17.4 Å². The first-order valence-corrected chi connectivity index (χ1v) is 8.96. The molecular weight excluding hydrogens is 357 g/mol. The molecule has 2 rings (SSSR count). The fourth-order valence-electron chi connectivity index (χ4n) is 2.71. The zero-order valence-electron chi connectivity index (χ0n) is 16.0. The van der Waals surface area contributed by atoms with Gasteiger partial charge >= 0.3 is 6.18 Å². The summed E-state index contributed by atoms with van der Waals surface area (Å²) in [4.78, 5) is 11.0. The second-order valence-corrected chi connectivity index (χ2v) is 6.04. The summed E-state index contributed by atoms with van der Waals surface area (Å²) < 4.78 is 44.4. The second kappa shape index (κ2) is 8.92. The number of rotatable bonds is 8. The lowest BCUT2D eigenvalue weighted by Gasteiger charge is -2.21. The molecule has 1 heterocycles. The number of anilines is 3. The van der Waals surface area contributed by atoms with Crippen LogP contribution in [-0.2, 0) is 12.6 Å². The van der Waals surface area contributed by atoms with Gasteiger partial charge in [0.25, 0.3) is 0 Å². The van der Waals surface area contributed by atoms with E-state index in [4.69, 9.17) is 4.74 Å². The van der Waals surface area contributed by atoms with Crippen LogP contribution in [0.25, 0.3) is 0 Å². The highest BCUT2D eigenvalue weighted by Crippen LogP contribution is 2.34. The summed E-state index contributed by atoms with van der Waals surface area (Å²) in [6.45, 7) is 7.64. The van der Waals surface area contributed by atoms with E-state index in [2.05, 4.69) is 20.2 Å². The van der Waals surface area contributed by atoms with Crippen LogP contribution in [0.3, 0.4) is 0 Å². The number of hydrogen-bond acceptors (Lipinski definition) is 5. The molecule has 27 heavy (non-hydrogen) atoms. The summed E-state index contributed by atoms with van der Waals surface area (Å²) >= 11 is 0. The van der Waals surface area contributed by atoms with Gasteiger partial charge < -0.3 is 15.0 Å². The highest BCUT2D eigenvalue weighted by Gasteiger charge is 2.31. The minimum atomic E-state index is -4.47. The number of aromatic nitrogens is 2. The molecule has 0 amide bonds. The van der Waals surface area contributed by atoms with Crippen molar-refractivity contribution in [1.82, 2.24) is 9.97 Å². The van der Waals surface area contributed by atoms with Crippen molar-refractivity contribution >= 4 is 17.5 Å². The number of hydrogen-bond donors (Lipinski definition) is 1. The van der Waals surface area contributed by atoms with Gasteiger partial charge in [0.2, 0.25) is 5.95 Å². The van der Waals surface area contributed by atoms with Crippen LogP contribution in [-0.4, -0.2) is 30.2 Å². The van der Waals surface area contributed by atoms with Crippen LogP contribution in [0.5, 0.6) is 5.75 Å². The minimum absolute atomic E-state index is 0.112. The average Bonchev–Trinajstić information content (AvgIpc) is 2.62. The Morgan fingerprint density at radius 3 is 2.30 bits per heavy atom. The molecule has 0 spiro atoms. The normalized spacial score (nSPS) is 11.4. The predicted octanol–water partition coefficient (Wildman–Crippen LogP) is 5.05. The molecular formula is C19H25F3N4O. The lowest BCUT2D eigenvalue weighted by atomic mass is 10.2. The molecule has 1 aromatic carbocycles. The van der Waals surface area contributed by atoms with Gasteiger partial charge in [-0.25, -0.2) is 4.98 Å². The monoisotopic (exact) mass is 382 g/mol. The average molecular weight is 382 g/mol. The largest absolute Gasteiger partial charge is 0.497 e. The Labute approximate surface area is 157 Å². The van der Waals surface area contributed by atoms with Crippen molar-refractivity contribution in [3.8, 4) is 5.75 Å². The van der Waals surface area contributed by atoms with Crippen molar-refractivity contribution in [3.05, 3.63) is 35.5 Å². The number of ether oxygens (including phenoxy) is 1. The molecule has 0 aliphatic rings. The Morgan fingerprint density at radius 1 is 1.04 bits per heavy atom. The van der Waals surface area contributed by atoms with E-state index in [1.54, 1.807) is 0 Å². The van der Waals surface area contributed by atoms with Crippen molar-refractivity contribution in [2.45, 2.75) is 39.8 Å². The van der Waals surface area contributed by atoms with Gasteiger partial charge in [-0.3, -0.25) is 0 Å². The first-order valence-electron chi connectivity index (χ1n) is 8.96. The number of nitrogens with zero attached hydrogens (tertiary/aromatic N) is 3. The summed E-state index contributed by atoms with van der Waals surface area (Å²) in [5, 5.41) is 2.90. The van der Waals surface area contributed by atoms with Crippen LogP contribution in [0.2, 0.25) is 0 Å². The minimum Gasteiger partial charge on any atom is -0.497 e. The molecule has 1 aromatic heterocycles. The van der Waals surface area contributed by atoms with Crippen LogP contribution in [0.1, 0.15) is 38.4 Å². The number of nitrogens with one attached hydrogen (secondary N) is 1. The molecule has 0 saturated carbocycles. The van der Waals surface area contributed by atoms with Gasteiger partial charge in [-0.15, -0.1) is 0 Å². The Bertz CT molecular complexity index is 761. The molecule has 0 aliphatic heterocycles. The van der Waals surface area contributed by atoms with E-state index in [9.17, 15) is 13.2 Å². The third kappa shape index (κ3) is 5.48. The van der Waals surface area contributed by atoms with E-state index in [0.717, 1.165) is 49.6 Å². The molecule has 2 aromatic rings. The van der Waals surface area contributed by atoms with Gasteiger partial charge in [-0.2, -0.15) is 18.2 Å². The maximum Gasteiger partial charge on any atom is 0.416 e. The highest BCUT2D eigenvalue weighted by molar-refractivity contribution is 5.59. The molecule has 0 unspecified atom stereocenters. The number of alkyl halides is 3. The number of methoxy groups -OCH3 is 1. The van der Waals surface area contributed by atoms with Gasteiger partial charge in [-0.1, -0.05) is 13.3 Å². The summed E-state index contributed by atoms with van der Waals surface area (Å²) in [5.74, 6) is 1.13. The third-order valence-corrected chi connectivity index (χ3v) is 4.08. The van der Waals surface area contributed by atoms with E-state index in [0.29, 0.717) is 0 Å². The van der Waals surface area contributed by atoms with Crippen LogP contribution in [0, 0.1) is 0 Å². The molecule has 0 bridgehead atoms. The van der Waals surface area contributed by atoms with Crippen molar-refractivity contribution in [1.29, 1.82) is 0 Å². The zero-order chi connectivity index (χ0) is 20.0. The van der Waals surface area contributed by atoms with Crippen molar-refractivity contribution in [2.75, 3.05) is 30.4 Å². The van der Waals surface area contributed by atoms with Crippen LogP contribution in [0.15, 0.2) is 24.3 Å². The Morgan fingerprint density at radius 2 is 1.74 bits per heavy atom. The molecule has 5 nitrogen and oxygen atoms in total. The van der Waals surface area contributed by atoms with Gasteiger partial charge in [0.1, 0.15) is 11.6 Å². The molecule has 0 atom stereocenters. The quantitative estimate of drug-likeness (QED) is 0.693. The Kier molecular flexibility index (Phi) is 6.87. The third-order valence-electron chi connectivity index (χ3n) is 4.08. The van der Waals surface area contributed by atoms with Crippen molar-refractivity contribution in [2.24, 2.45) is 0 Å². The number of aryl methyl sites for hydroxylation is 1. The van der Waals surface area contributed by atoms with Crippen LogP contribution >= 0.6 is 0 Å². The fraction of sp³-hybridized carbons (Fsp3) is 0.474. The van der Waals surface area contributed by atoms with Crippen molar-refractivity contribution < 1.29 is 17.9 Å². The van der Waals surface area contributed by atoms with Gasteiger partial charge in [0.15, 0.2) is 0 Å². The van der Waals surface area contributed by atoms with Gasteiger partial charge in [0, 0.05) is 36.6 Å². The standard InChI is InChI=1S/C19H25F3N4O/c1-5-8-14-12-17(26(6-2)7-3)25-18(23-14)24-15-9-13(19(20,21)22)10-16(11-15)27-4/h9-12H,5-8H2,1-4H3,(H,23,24,25). The van der Waals surface area contributed by atoms with Crippen LogP contribution < -0.4 is 15.0 Å². The van der Waals surface area contributed by atoms with Crippen LogP contribution in [0.4, 0.5) is 30.6 Å². The zero-order valence-corrected chi connectivity index (χ0v) is 16.0. The number of halogens is 3.